The standard InChI is InChI=1S/C17H22N4O2/c1-3-21(14-8-5-4-6-9-14)17(22)15-12-20-16(13-19-15)18-10-7-11-23-2/h4-6,8-9,12-13H,3,7,10-11H2,1-2H3,(H,18,20). The molecule has 0 saturated carbocycles. The molecule has 2 aromatic rings. The first-order chi connectivity index (χ1) is 11.3. The van der Waals surface area contributed by atoms with Crippen LogP contribution in [0.15, 0.2) is 42.7 Å². The molecule has 122 valence electrons. The van der Waals surface area contributed by atoms with Gasteiger partial charge in [-0.2, -0.15) is 0 Å². The van der Waals surface area contributed by atoms with Crippen LogP contribution >= 0.6 is 0 Å². The fourth-order valence-corrected chi connectivity index (χ4v) is 2.15. The van der Waals surface area contributed by atoms with Crippen LogP contribution in [0.4, 0.5) is 11.5 Å². The topological polar surface area (TPSA) is 67.4 Å². The first-order valence-electron chi connectivity index (χ1n) is 7.68. The normalized spacial score (nSPS) is 10.3. The molecule has 0 aliphatic rings. The Bertz CT molecular complexity index is 602. The lowest BCUT2D eigenvalue weighted by Gasteiger charge is -2.20. The lowest BCUT2D eigenvalue weighted by atomic mass is 10.2. The summed E-state index contributed by atoms with van der Waals surface area (Å²) in [6.07, 6.45) is 3.97. The second-order valence-electron chi connectivity index (χ2n) is 4.94. The van der Waals surface area contributed by atoms with Crippen LogP contribution in [0.3, 0.4) is 0 Å². The minimum Gasteiger partial charge on any atom is -0.385 e. The minimum absolute atomic E-state index is 0.155. The number of nitrogens with one attached hydrogen (secondary N) is 1. The number of nitrogens with zero attached hydrogens (tertiary/aromatic N) is 3. The SMILES string of the molecule is CCN(C(=O)c1cnc(NCCCOC)cn1)c1ccccc1. The zero-order valence-electron chi connectivity index (χ0n) is 13.5. The van der Waals surface area contributed by atoms with Crippen molar-refractivity contribution in [3.63, 3.8) is 0 Å². The molecule has 0 aliphatic heterocycles. The molecule has 1 amide bonds. The zero-order chi connectivity index (χ0) is 16.5. The van der Waals surface area contributed by atoms with Gasteiger partial charge in [0.15, 0.2) is 0 Å². The predicted octanol–water partition coefficient (Wildman–Crippen LogP) is 2.59. The Balaban J connectivity index is 2.01. The molecule has 0 aliphatic carbocycles. The number of benzene rings is 1. The summed E-state index contributed by atoms with van der Waals surface area (Å²) in [4.78, 5) is 22.7. The number of carbonyl (C=O) groups is 1. The molecule has 1 aromatic carbocycles. The molecule has 0 fully saturated rings. The highest BCUT2D eigenvalue weighted by molar-refractivity contribution is 6.04. The van der Waals surface area contributed by atoms with Gasteiger partial charge in [0.25, 0.3) is 5.91 Å². The Labute approximate surface area is 136 Å². The van der Waals surface area contributed by atoms with E-state index in [2.05, 4.69) is 15.3 Å². The molecule has 6 heteroatoms. The molecule has 0 spiro atoms. The van der Waals surface area contributed by atoms with E-state index in [4.69, 9.17) is 4.74 Å². The summed E-state index contributed by atoms with van der Waals surface area (Å²) in [6.45, 7) is 3.95. The summed E-state index contributed by atoms with van der Waals surface area (Å²) in [7, 11) is 1.67. The van der Waals surface area contributed by atoms with Crippen molar-refractivity contribution in [1.29, 1.82) is 0 Å². The fourth-order valence-electron chi connectivity index (χ4n) is 2.15. The van der Waals surface area contributed by atoms with Crippen LogP contribution in [-0.4, -0.2) is 42.7 Å². The number of carbonyl (C=O) groups excluding carboxylic acids is 1. The first kappa shape index (κ1) is 16.9. The maximum absolute atomic E-state index is 12.6. The predicted molar refractivity (Wildman–Crippen MR) is 90.8 cm³/mol. The molecule has 1 aromatic heterocycles. The first-order valence-corrected chi connectivity index (χ1v) is 7.68. The molecule has 6 nitrogen and oxygen atoms in total. The van der Waals surface area contributed by atoms with E-state index in [1.54, 1.807) is 18.2 Å². The van der Waals surface area contributed by atoms with Gasteiger partial charge in [-0.25, -0.2) is 9.97 Å². The van der Waals surface area contributed by atoms with Gasteiger partial charge in [-0.3, -0.25) is 4.79 Å². The van der Waals surface area contributed by atoms with Crippen molar-refractivity contribution in [2.75, 3.05) is 37.0 Å². The molecule has 0 bridgehead atoms. The highest BCUT2D eigenvalue weighted by Crippen LogP contribution is 2.15. The van der Waals surface area contributed by atoms with Gasteiger partial charge in [-0.05, 0) is 25.5 Å². The van der Waals surface area contributed by atoms with Gasteiger partial charge in [0.05, 0.1) is 12.4 Å². The third-order valence-electron chi connectivity index (χ3n) is 3.33. The summed E-state index contributed by atoms with van der Waals surface area (Å²) >= 11 is 0. The highest BCUT2D eigenvalue weighted by Gasteiger charge is 2.17. The highest BCUT2D eigenvalue weighted by atomic mass is 16.5. The van der Waals surface area contributed by atoms with Crippen LogP contribution in [-0.2, 0) is 4.74 Å². The van der Waals surface area contributed by atoms with E-state index in [1.807, 2.05) is 37.3 Å². The van der Waals surface area contributed by atoms with Crippen molar-refractivity contribution >= 4 is 17.4 Å². The quantitative estimate of drug-likeness (QED) is 0.759. The minimum atomic E-state index is -0.155. The zero-order valence-corrected chi connectivity index (χ0v) is 13.5. The van der Waals surface area contributed by atoms with Gasteiger partial charge in [-0.1, -0.05) is 18.2 Å². The summed E-state index contributed by atoms with van der Waals surface area (Å²) in [5.41, 5.74) is 1.18. The van der Waals surface area contributed by atoms with Crippen molar-refractivity contribution in [3.05, 3.63) is 48.4 Å². The average molecular weight is 314 g/mol. The molecule has 0 radical (unpaired) electrons. The molecule has 1 N–H and O–H groups in total. The fraction of sp³-hybridized carbons (Fsp3) is 0.353. The summed E-state index contributed by atoms with van der Waals surface area (Å²) in [5, 5.41) is 3.14. The molecule has 0 unspecified atom stereocenters. The maximum atomic E-state index is 12.6. The third kappa shape index (κ3) is 4.75. The van der Waals surface area contributed by atoms with Gasteiger partial charge < -0.3 is 15.0 Å². The van der Waals surface area contributed by atoms with E-state index in [9.17, 15) is 4.79 Å². The van der Waals surface area contributed by atoms with Gasteiger partial charge in [0.2, 0.25) is 0 Å². The van der Waals surface area contributed by atoms with Gasteiger partial charge in [0.1, 0.15) is 11.5 Å². The van der Waals surface area contributed by atoms with E-state index in [0.29, 0.717) is 24.7 Å². The maximum Gasteiger partial charge on any atom is 0.278 e. The number of hydrogen-bond acceptors (Lipinski definition) is 5. The number of aromatic nitrogens is 2. The second-order valence-corrected chi connectivity index (χ2v) is 4.94. The van der Waals surface area contributed by atoms with Crippen molar-refractivity contribution in [1.82, 2.24) is 9.97 Å². The van der Waals surface area contributed by atoms with Crippen LogP contribution in [0.1, 0.15) is 23.8 Å². The van der Waals surface area contributed by atoms with E-state index in [-0.39, 0.29) is 5.91 Å². The van der Waals surface area contributed by atoms with Crippen LogP contribution in [0.5, 0.6) is 0 Å². The smallest absolute Gasteiger partial charge is 0.278 e. The number of para-hydroxylation sites is 1. The molecular weight excluding hydrogens is 292 g/mol. The summed E-state index contributed by atoms with van der Waals surface area (Å²) in [5.74, 6) is 0.498. The number of hydrogen-bond donors (Lipinski definition) is 1. The van der Waals surface area contributed by atoms with E-state index >= 15 is 0 Å². The van der Waals surface area contributed by atoms with Crippen LogP contribution < -0.4 is 10.2 Å². The van der Waals surface area contributed by atoms with E-state index < -0.39 is 0 Å². The summed E-state index contributed by atoms with van der Waals surface area (Å²) < 4.78 is 4.98. The Morgan fingerprint density at radius 1 is 1.22 bits per heavy atom. The number of methoxy groups -OCH3 is 1. The van der Waals surface area contributed by atoms with Gasteiger partial charge in [-0.15, -0.1) is 0 Å². The van der Waals surface area contributed by atoms with E-state index in [0.717, 1.165) is 18.7 Å². The van der Waals surface area contributed by atoms with E-state index in [1.165, 1.54) is 6.20 Å². The molecule has 23 heavy (non-hydrogen) atoms. The number of anilines is 2. The molecule has 2 rings (SSSR count). The van der Waals surface area contributed by atoms with Crippen molar-refractivity contribution in [3.8, 4) is 0 Å². The van der Waals surface area contributed by atoms with Crippen molar-refractivity contribution in [2.45, 2.75) is 13.3 Å². The lowest BCUT2D eigenvalue weighted by Crippen LogP contribution is -2.31. The monoisotopic (exact) mass is 314 g/mol. The molecule has 1 heterocycles. The Hall–Kier alpha value is -2.47. The lowest BCUT2D eigenvalue weighted by molar-refractivity contribution is 0.0983. The molecule has 0 saturated heterocycles. The van der Waals surface area contributed by atoms with Crippen LogP contribution in [0, 0.1) is 0 Å². The van der Waals surface area contributed by atoms with Crippen molar-refractivity contribution in [2.24, 2.45) is 0 Å². The summed E-state index contributed by atoms with van der Waals surface area (Å²) in [6, 6.07) is 9.54. The van der Waals surface area contributed by atoms with Crippen LogP contribution in [0.2, 0.25) is 0 Å². The third-order valence-corrected chi connectivity index (χ3v) is 3.33. The average Bonchev–Trinajstić information content (AvgIpc) is 2.61. The van der Waals surface area contributed by atoms with Crippen LogP contribution in [0.25, 0.3) is 0 Å². The number of ether oxygens (including phenoxy) is 1. The van der Waals surface area contributed by atoms with Gasteiger partial charge >= 0.3 is 0 Å². The molecular formula is C17H22N4O2. The number of amides is 1. The largest absolute Gasteiger partial charge is 0.385 e. The Morgan fingerprint density at radius 3 is 2.61 bits per heavy atom. The Kier molecular flexibility index (Phi) is 6.50. The van der Waals surface area contributed by atoms with Crippen molar-refractivity contribution < 1.29 is 9.53 Å². The number of rotatable bonds is 8. The molecule has 0 atom stereocenters. The van der Waals surface area contributed by atoms with Gasteiger partial charge in [0, 0.05) is 32.5 Å². The Morgan fingerprint density at radius 2 is 2.00 bits per heavy atom. The second kappa shape index (κ2) is 8.85.